The molecule has 0 unspecified atom stereocenters. The number of hydrogen-bond donors (Lipinski definition) is 0. The molecule has 20 heavy (non-hydrogen) atoms. The molecule has 0 bridgehead atoms. The standard InChI is InChI=1S/C10H4BrF9/c11-7(9(15,16)17,10(18,19)20)5-3-1-2-4-6(5)8(12,13)14/h1-4H. The highest BCUT2D eigenvalue weighted by Gasteiger charge is 2.71. The lowest BCUT2D eigenvalue weighted by atomic mass is 9.92. The minimum absolute atomic E-state index is 0.137. The van der Waals surface area contributed by atoms with Crippen molar-refractivity contribution in [3.05, 3.63) is 35.4 Å². The van der Waals surface area contributed by atoms with Crippen LogP contribution in [-0.2, 0) is 10.5 Å². The molecule has 0 aliphatic rings. The van der Waals surface area contributed by atoms with Crippen LogP contribution in [0.25, 0.3) is 0 Å². The molecule has 0 amide bonds. The number of hydrogen-bond acceptors (Lipinski definition) is 0. The van der Waals surface area contributed by atoms with E-state index in [1.165, 1.54) is 15.9 Å². The Labute approximate surface area is 114 Å². The maximum absolute atomic E-state index is 12.7. The second kappa shape index (κ2) is 4.81. The summed E-state index contributed by atoms with van der Waals surface area (Å²) in [6.45, 7) is 0. The van der Waals surface area contributed by atoms with Gasteiger partial charge < -0.3 is 0 Å². The topological polar surface area (TPSA) is 0 Å². The van der Waals surface area contributed by atoms with Crippen LogP contribution in [0, 0.1) is 0 Å². The second-order valence-corrected chi connectivity index (χ2v) is 4.89. The van der Waals surface area contributed by atoms with Crippen molar-refractivity contribution in [1.29, 1.82) is 0 Å². The Morgan fingerprint density at radius 2 is 1.00 bits per heavy atom. The Morgan fingerprint density at radius 3 is 1.30 bits per heavy atom. The van der Waals surface area contributed by atoms with E-state index in [1.807, 2.05) is 0 Å². The molecule has 1 aromatic carbocycles. The van der Waals surface area contributed by atoms with Crippen molar-refractivity contribution >= 4 is 15.9 Å². The largest absolute Gasteiger partial charge is 0.416 e. The quantitative estimate of drug-likeness (QED) is 0.454. The molecule has 0 aromatic heterocycles. The molecule has 0 spiro atoms. The molecule has 0 saturated carbocycles. The molecule has 0 atom stereocenters. The van der Waals surface area contributed by atoms with Gasteiger partial charge in [-0.1, -0.05) is 34.1 Å². The molecular formula is C10H4BrF9. The van der Waals surface area contributed by atoms with Gasteiger partial charge in [0.2, 0.25) is 4.32 Å². The third-order valence-electron chi connectivity index (χ3n) is 2.38. The maximum Gasteiger partial charge on any atom is 0.416 e. The Hall–Kier alpha value is -0.930. The molecular weight excluding hydrogens is 371 g/mol. The van der Waals surface area contributed by atoms with Gasteiger partial charge in [0.1, 0.15) is 0 Å². The molecule has 0 radical (unpaired) electrons. The minimum atomic E-state index is -6.01. The van der Waals surface area contributed by atoms with Gasteiger partial charge in [-0.2, -0.15) is 39.5 Å². The van der Waals surface area contributed by atoms with Gasteiger partial charge in [0.05, 0.1) is 5.56 Å². The van der Waals surface area contributed by atoms with Gasteiger partial charge in [0, 0.05) is 0 Å². The van der Waals surface area contributed by atoms with Gasteiger partial charge >= 0.3 is 18.5 Å². The van der Waals surface area contributed by atoms with E-state index in [1.54, 1.807) is 0 Å². The highest BCUT2D eigenvalue weighted by Crippen LogP contribution is 2.58. The summed E-state index contributed by atoms with van der Waals surface area (Å²) >= 11 is 1.43. The van der Waals surface area contributed by atoms with Gasteiger partial charge in [0.25, 0.3) is 0 Å². The maximum atomic E-state index is 12.7. The molecule has 10 heteroatoms. The SMILES string of the molecule is FC(F)(F)c1ccccc1C(Br)(C(F)(F)F)C(F)(F)F. The lowest BCUT2D eigenvalue weighted by Crippen LogP contribution is -2.50. The molecule has 1 aromatic rings. The van der Waals surface area contributed by atoms with Crippen molar-refractivity contribution in [3.8, 4) is 0 Å². The first-order valence-electron chi connectivity index (χ1n) is 4.72. The lowest BCUT2D eigenvalue weighted by molar-refractivity contribution is -0.267. The zero-order valence-corrected chi connectivity index (χ0v) is 10.7. The van der Waals surface area contributed by atoms with Gasteiger partial charge in [-0.3, -0.25) is 0 Å². The van der Waals surface area contributed by atoms with E-state index in [-0.39, 0.29) is 12.1 Å². The number of alkyl halides is 10. The first kappa shape index (κ1) is 17.1. The molecule has 0 aliphatic heterocycles. The number of benzene rings is 1. The fraction of sp³-hybridized carbons (Fsp3) is 0.400. The molecule has 0 heterocycles. The summed E-state index contributed by atoms with van der Waals surface area (Å²) in [7, 11) is 0. The second-order valence-electron chi connectivity index (χ2n) is 3.70. The van der Waals surface area contributed by atoms with Crippen LogP contribution < -0.4 is 0 Å². The van der Waals surface area contributed by atoms with Crippen molar-refractivity contribution in [2.45, 2.75) is 22.9 Å². The summed E-state index contributed by atoms with van der Waals surface area (Å²) in [6, 6.07) is 1.66. The van der Waals surface area contributed by atoms with Gasteiger partial charge in [0.15, 0.2) is 0 Å². The average Bonchev–Trinajstić information content (AvgIpc) is 2.23. The zero-order valence-electron chi connectivity index (χ0n) is 9.09. The zero-order chi connectivity index (χ0) is 16.0. The van der Waals surface area contributed by atoms with Crippen LogP contribution in [0.5, 0.6) is 0 Å². The summed E-state index contributed by atoms with van der Waals surface area (Å²) < 4.78 is 109. The van der Waals surface area contributed by atoms with Crippen LogP contribution in [0.4, 0.5) is 39.5 Å². The van der Waals surface area contributed by atoms with E-state index in [2.05, 4.69) is 0 Å². The van der Waals surface area contributed by atoms with Crippen molar-refractivity contribution in [2.24, 2.45) is 0 Å². The normalized spacial score (nSPS) is 14.5. The number of halogens is 10. The third kappa shape index (κ3) is 2.75. The van der Waals surface area contributed by atoms with Crippen molar-refractivity contribution in [3.63, 3.8) is 0 Å². The van der Waals surface area contributed by atoms with Crippen LogP contribution in [0.1, 0.15) is 11.1 Å². The highest BCUT2D eigenvalue weighted by molar-refractivity contribution is 9.09. The van der Waals surface area contributed by atoms with Gasteiger partial charge in [-0.15, -0.1) is 0 Å². The van der Waals surface area contributed by atoms with E-state index in [0.29, 0.717) is 12.1 Å². The molecule has 0 saturated heterocycles. The van der Waals surface area contributed by atoms with Crippen LogP contribution in [0.15, 0.2) is 24.3 Å². The first-order valence-corrected chi connectivity index (χ1v) is 5.51. The average molecular weight is 375 g/mol. The monoisotopic (exact) mass is 374 g/mol. The molecule has 0 N–H and O–H groups in total. The fourth-order valence-corrected chi connectivity index (χ4v) is 1.84. The molecule has 0 fully saturated rings. The Balaban J connectivity index is 3.70. The third-order valence-corrected chi connectivity index (χ3v) is 3.71. The molecule has 0 nitrogen and oxygen atoms in total. The van der Waals surface area contributed by atoms with Crippen molar-refractivity contribution in [1.82, 2.24) is 0 Å². The van der Waals surface area contributed by atoms with Gasteiger partial charge in [-0.05, 0) is 11.6 Å². The first-order chi connectivity index (χ1) is 8.73. The summed E-state index contributed by atoms with van der Waals surface area (Å²) in [6.07, 6.45) is -17.4. The van der Waals surface area contributed by atoms with Crippen LogP contribution >= 0.6 is 15.9 Å². The van der Waals surface area contributed by atoms with Crippen molar-refractivity contribution in [2.75, 3.05) is 0 Å². The van der Waals surface area contributed by atoms with Crippen LogP contribution in [-0.4, -0.2) is 12.4 Å². The Bertz CT molecular complexity index is 469. The molecule has 0 aliphatic carbocycles. The highest BCUT2D eigenvalue weighted by atomic mass is 79.9. The number of rotatable bonds is 1. The van der Waals surface area contributed by atoms with Gasteiger partial charge in [-0.25, -0.2) is 0 Å². The fourth-order valence-electron chi connectivity index (χ4n) is 1.50. The van der Waals surface area contributed by atoms with E-state index in [4.69, 9.17) is 0 Å². The Morgan fingerprint density at radius 1 is 0.650 bits per heavy atom. The molecule has 1 rings (SSSR count). The Kier molecular flexibility index (Phi) is 4.12. The van der Waals surface area contributed by atoms with E-state index >= 15 is 0 Å². The van der Waals surface area contributed by atoms with E-state index in [0.717, 1.165) is 0 Å². The smallest absolute Gasteiger partial charge is 0.169 e. The van der Waals surface area contributed by atoms with Crippen molar-refractivity contribution < 1.29 is 39.5 Å². The van der Waals surface area contributed by atoms with E-state index in [9.17, 15) is 39.5 Å². The predicted molar refractivity (Wildman–Crippen MR) is 54.2 cm³/mol. The predicted octanol–water partition coefficient (Wildman–Crippen LogP) is 5.42. The summed E-state index contributed by atoms with van der Waals surface area (Å²) in [4.78, 5) is 0. The summed E-state index contributed by atoms with van der Waals surface area (Å²) in [5.41, 5.74) is -3.96. The summed E-state index contributed by atoms with van der Waals surface area (Å²) in [5, 5.41) is 0. The van der Waals surface area contributed by atoms with Crippen LogP contribution in [0.2, 0.25) is 0 Å². The minimum Gasteiger partial charge on any atom is -0.169 e. The summed E-state index contributed by atoms with van der Waals surface area (Å²) in [5.74, 6) is 0. The lowest BCUT2D eigenvalue weighted by Gasteiger charge is -2.34. The van der Waals surface area contributed by atoms with Crippen LogP contribution in [0.3, 0.4) is 0 Å². The molecule has 114 valence electrons. The van der Waals surface area contributed by atoms with E-state index < -0.39 is 34.0 Å².